The Morgan fingerprint density at radius 3 is 2.63 bits per heavy atom. The molecule has 2 heterocycles. The molecule has 1 N–H and O–H groups in total. The van der Waals surface area contributed by atoms with Crippen LogP contribution in [0.4, 0.5) is 10.8 Å². The number of methoxy groups -OCH3 is 1. The molecule has 0 spiro atoms. The quantitative estimate of drug-likeness (QED) is 0.469. The number of aromatic nitrogens is 2. The fourth-order valence-corrected chi connectivity index (χ4v) is 4.56. The minimum atomic E-state index is 0.788. The number of thiazole rings is 2. The molecule has 4 aromatic rings. The van der Waals surface area contributed by atoms with Gasteiger partial charge in [-0.2, -0.15) is 0 Å². The Kier molecular flexibility index (Phi) is 5.33. The third-order valence-corrected chi connectivity index (χ3v) is 5.90. The highest BCUT2D eigenvalue weighted by molar-refractivity contribution is 7.18. The Morgan fingerprint density at radius 1 is 1.04 bits per heavy atom. The van der Waals surface area contributed by atoms with E-state index in [1.807, 2.05) is 30.3 Å². The normalized spacial score (nSPS) is 11.2. The van der Waals surface area contributed by atoms with Crippen molar-refractivity contribution in [2.75, 3.05) is 19.5 Å². The van der Waals surface area contributed by atoms with Gasteiger partial charge in [-0.05, 0) is 43.4 Å². The second-order valence-electron chi connectivity index (χ2n) is 6.25. The number of hydrogen-bond donors (Lipinski definition) is 1. The molecule has 0 unspecified atom stereocenters. The highest BCUT2D eigenvalue weighted by Gasteiger charge is 2.09. The van der Waals surface area contributed by atoms with Gasteiger partial charge >= 0.3 is 0 Å². The van der Waals surface area contributed by atoms with E-state index in [1.54, 1.807) is 29.8 Å². The van der Waals surface area contributed by atoms with Gasteiger partial charge in [-0.25, -0.2) is 9.97 Å². The molecule has 5 nitrogen and oxygen atoms in total. The van der Waals surface area contributed by atoms with Crippen LogP contribution < -0.4 is 10.1 Å². The molecule has 0 aliphatic heterocycles. The summed E-state index contributed by atoms with van der Waals surface area (Å²) >= 11 is 3.37. The van der Waals surface area contributed by atoms with Crippen molar-refractivity contribution < 1.29 is 4.74 Å². The van der Waals surface area contributed by atoms with Crippen molar-refractivity contribution in [2.24, 2.45) is 0 Å². The van der Waals surface area contributed by atoms with Crippen LogP contribution in [0.2, 0.25) is 0 Å². The number of para-hydroxylation sites is 1. The second-order valence-corrected chi connectivity index (χ2v) is 8.22. The van der Waals surface area contributed by atoms with Gasteiger partial charge in [0, 0.05) is 17.6 Å². The van der Waals surface area contributed by atoms with Gasteiger partial charge in [-0.1, -0.05) is 12.1 Å². The van der Waals surface area contributed by atoms with E-state index in [2.05, 4.69) is 45.8 Å². The molecule has 0 fully saturated rings. The fourth-order valence-electron chi connectivity index (χ4n) is 2.79. The highest BCUT2D eigenvalue weighted by atomic mass is 32.1. The summed E-state index contributed by atoms with van der Waals surface area (Å²) in [6, 6.07) is 16.1. The van der Waals surface area contributed by atoms with E-state index in [9.17, 15) is 0 Å². The molecule has 27 heavy (non-hydrogen) atoms. The van der Waals surface area contributed by atoms with Gasteiger partial charge < -0.3 is 10.1 Å². The minimum Gasteiger partial charge on any atom is -0.497 e. The van der Waals surface area contributed by atoms with Crippen LogP contribution >= 0.6 is 22.7 Å². The van der Waals surface area contributed by atoms with Gasteiger partial charge in [0.25, 0.3) is 0 Å². The van der Waals surface area contributed by atoms with E-state index in [0.29, 0.717) is 0 Å². The molecule has 7 heteroatoms. The Morgan fingerprint density at radius 2 is 1.85 bits per heavy atom. The molecule has 0 saturated carbocycles. The molecule has 0 atom stereocenters. The molecule has 0 aliphatic carbocycles. The summed E-state index contributed by atoms with van der Waals surface area (Å²) in [7, 11) is 3.77. The van der Waals surface area contributed by atoms with Crippen molar-refractivity contribution in [2.45, 2.75) is 13.1 Å². The molecule has 2 aromatic carbocycles. The monoisotopic (exact) mass is 396 g/mol. The summed E-state index contributed by atoms with van der Waals surface area (Å²) < 4.78 is 6.42. The summed E-state index contributed by atoms with van der Waals surface area (Å²) in [4.78, 5) is 11.6. The number of hydrogen-bond acceptors (Lipinski definition) is 7. The van der Waals surface area contributed by atoms with E-state index >= 15 is 0 Å². The van der Waals surface area contributed by atoms with Crippen LogP contribution in [0, 0.1) is 0 Å². The third-order valence-electron chi connectivity index (χ3n) is 4.07. The lowest BCUT2D eigenvalue weighted by Gasteiger charge is -2.13. The fraction of sp³-hybridized carbons (Fsp3) is 0.200. The van der Waals surface area contributed by atoms with Gasteiger partial charge in [0.05, 0.1) is 29.6 Å². The van der Waals surface area contributed by atoms with E-state index < -0.39 is 0 Å². The first-order valence-corrected chi connectivity index (χ1v) is 10.3. The minimum absolute atomic E-state index is 0.788. The predicted molar refractivity (Wildman–Crippen MR) is 113 cm³/mol. The zero-order valence-electron chi connectivity index (χ0n) is 15.2. The van der Waals surface area contributed by atoms with Crippen LogP contribution in [-0.2, 0) is 13.1 Å². The molecule has 0 aliphatic rings. The molecule has 0 amide bonds. The topological polar surface area (TPSA) is 50.3 Å². The molecule has 0 bridgehead atoms. The summed E-state index contributed by atoms with van der Waals surface area (Å²) in [6.45, 7) is 1.61. The van der Waals surface area contributed by atoms with Gasteiger partial charge in [-0.15, -0.1) is 22.7 Å². The number of benzene rings is 2. The number of fused-ring (bicyclic) bond motifs is 1. The maximum absolute atomic E-state index is 5.18. The Hall–Kier alpha value is -2.48. The summed E-state index contributed by atoms with van der Waals surface area (Å²) in [5.74, 6) is 0.844. The van der Waals surface area contributed by atoms with Crippen LogP contribution in [0.25, 0.3) is 10.2 Å². The Bertz CT molecular complexity index is 993. The van der Waals surface area contributed by atoms with Crippen LogP contribution in [0.5, 0.6) is 5.75 Å². The SMILES string of the molecule is COc1ccc(Nc2nc(CN(C)Cc3nc4ccccc4s3)cs2)cc1. The smallest absolute Gasteiger partial charge is 0.187 e. The maximum atomic E-state index is 5.18. The first-order valence-electron chi connectivity index (χ1n) is 8.58. The summed E-state index contributed by atoms with van der Waals surface area (Å²) in [5, 5.41) is 7.46. The van der Waals surface area contributed by atoms with Crippen molar-refractivity contribution in [3.8, 4) is 5.75 Å². The maximum Gasteiger partial charge on any atom is 0.187 e. The second kappa shape index (κ2) is 8.04. The van der Waals surface area contributed by atoms with Gasteiger partial charge in [0.2, 0.25) is 0 Å². The van der Waals surface area contributed by atoms with E-state index in [-0.39, 0.29) is 0 Å². The first-order chi connectivity index (χ1) is 13.2. The molecular formula is C20H20N4OS2. The number of ether oxygens (including phenoxy) is 1. The Labute approximate surface area is 166 Å². The highest BCUT2D eigenvalue weighted by Crippen LogP contribution is 2.25. The van der Waals surface area contributed by atoms with Crippen LogP contribution in [-0.4, -0.2) is 29.0 Å². The lowest BCUT2D eigenvalue weighted by molar-refractivity contribution is 0.315. The first kappa shape index (κ1) is 17.9. The van der Waals surface area contributed by atoms with Gasteiger partial charge in [0.1, 0.15) is 10.8 Å². The number of nitrogens with one attached hydrogen (secondary N) is 1. The van der Waals surface area contributed by atoms with Crippen LogP contribution in [0.3, 0.4) is 0 Å². The lowest BCUT2D eigenvalue weighted by atomic mass is 10.3. The van der Waals surface area contributed by atoms with Gasteiger partial charge in [-0.3, -0.25) is 4.90 Å². The van der Waals surface area contributed by atoms with E-state index in [1.165, 1.54) is 4.70 Å². The zero-order chi connectivity index (χ0) is 18.6. The van der Waals surface area contributed by atoms with Crippen LogP contribution in [0.15, 0.2) is 53.9 Å². The van der Waals surface area contributed by atoms with Crippen LogP contribution in [0.1, 0.15) is 10.7 Å². The van der Waals surface area contributed by atoms with E-state index in [0.717, 1.165) is 45.9 Å². The number of anilines is 2. The van der Waals surface area contributed by atoms with E-state index in [4.69, 9.17) is 9.72 Å². The van der Waals surface area contributed by atoms with Crippen molar-refractivity contribution in [1.29, 1.82) is 0 Å². The lowest BCUT2D eigenvalue weighted by Crippen LogP contribution is -2.17. The number of nitrogens with zero attached hydrogens (tertiary/aromatic N) is 3. The average Bonchev–Trinajstić information content (AvgIpc) is 3.28. The predicted octanol–water partition coefficient (Wildman–Crippen LogP) is 5.14. The largest absolute Gasteiger partial charge is 0.497 e. The average molecular weight is 397 g/mol. The van der Waals surface area contributed by atoms with Crippen molar-refractivity contribution in [1.82, 2.24) is 14.9 Å². The van der Waals surface area contributed by atoms with Gasteiger partial charge in [0.15, 0.2) is 5.13 Å². The third kappa shape index (κ3) is 4.44. The molecule has 0 radical (unpaired) electrons. The van der Waals surface area contributed by atoms with Crippen molar-refractivity contribution >= 4 is 43.7 Å². The molecule has 138 valence electrons. The summed E-state index contributed by atoms with van der Waals surface area (Å²) in [6.07, 6.45) is 0. The zero-order valence-corrected chi connectivity index (χ0v) is 16.8. The molecule has 2 aromatic heterocycles. The number of rotatable bonds is 7. The summed E-state index contributed by atoms with van der Waals surface area (Å²) in [5.41, 5.74) is 3.13. The molecular weight excluding hydrogens is 376 g/mol. The Balaban J connectivity index is 1.36. The standard InChI is InChI=1S/C20H20N4OS2/c1-24(12-19-23-17-5-3-4-6-18(17)27-19)11-15-13-26-20(22-15)21-14-7-9-16(25-2)10-8-14/h3-10,13H,11-12H2,1-2H3,(H,21,22). The molecule has 0 saturated heterocycles. The molecule has 4 rings (SSSR count). The van der Waals surface area contributed by atoms with Crippen molar-refractivity contribution in [3.05, 3.63) is 64.6 Å². The van der Waals surface area contributed by atoms with Crippen molar-refractivity contribution in [3.63, 3.8) is 0 Å².